The first kappa shape index (κ1) is 18.9. The van der Waals surface area contributed by atoms with Crippen LogP contribution in [0.1, 0.15) is 20.7 Å². The molecule has 0 bridgehead atoms. The number of hydrogen-bond donors (Lipinski definition) is 2. The van der Waals surface area contributed by atoms with Crippen LogP contribution in [0, 0.1) is 0 Å². The lowest BCUT2D eigenvalue weighted by atomic mass is 10.1. The van der Waals surface area contributed by atoms with Gasteiger partial charge >= 0.3 is 11.9 Å². The van der Waals surface area contributed by atoms with Crippen LogP contribution in [0.25, 0.3) is 10.8 Å². The number of phenolic OH excluding ortho intramolecular Hbond substituents is 1. The van der Waals surface area contributed by atoms with E-state index < -0.39 is 24.5 Å². The fraction of sp³-hybridized carbons (Fsp3) is 0.0952. The van der Waals surface area contributed by atoms with Crippen LogP contribution in [0.15, 0.2) is 60.7 Å². The molecule has 3 aromatic carbocycles. The highest BCUT2D eigenvalue weighted by Gasteiger charge is 2.18. The summed E-state index contributed by atoms with van der Waals surface area (Å²) in [6.45, 7) is -0.583. The summed E-state index contributed by atoms with van der Waals surface area (Å²) in [7, 11) is 1.23. The largest absolute Gasteiger partial charge is 0.506 e. The minimum absolute atomic E-state index is 0.0403. The summed E-state index contributed by atoms with van der Waals surface area (Å²) in [4.78, 5) is 36.1. The molecule has 0 heterocycles. The Kier molecular flexibility index (Phi) is 5.55. The van der Waals surface area contributed by atoms with E-state index in [1.54, 1.807) is 36.4 Å². The molecule has 3 rings (SSSR count). The minimum atomic E-state index is -0.834. The number of carbonyl (C=O) groups is 3. The van der Waals surface area contributed by atoms with Crippen molar-refractivity contribution in [1.29, 1.82) is 0 Å². The molecular formula is C21H17NO6. The van der Waals surface area contributed by atoms with Crippen LogP contribution in [0.4, 0.5) is 5.69 Å². The van der Waals surface area contributed by atoms with E-state index in [1.165, 1.54) is 25.3 Å². The monoisotopic (exact) mass is 379 g/mol. The number of esters is 2. The predicted octanol–water partition coefficient (Wildman–Crippen LogP) is 3.13. The number of carbonyl (C=O) groups excluding carboxylic acids is 3. The van der Waals surface area contributed by atoms with Crippen LogP contribution in [0.2, 0.25) is 0 Å². The number of rotatable bonds is 5. The molecule has 142 valence electrons. The molecule has 28 heavy (non-hydrogen) atoms. The first-order chi connectivity index (χ1) is 13.5. The SMILES string of the molecule is COC(=O)c1ccccc1NC(=O)COC(=O)c1ccc2ccccc2c1O. The maximum Gasteiger partial charge on any atom is 0.342 e. The quantitative estimate of drug-likeness (QED) is 0.661. The molecule has 0 atom stereocenters. The summed E-state index contributed by atoms with van der Waals surface area (Å²) in [6.07, 6.45) is 0. The second-order valence-corrected chi connectivity index (χ2v) is 5.84. The molecule has 7 nitrogen and oxygen atoms in total. The van der Waals surface area contributed by atoms with Gasteiger partial charge in [0.05, 0.1) is 18.4 Å². The number of phenols is 1. The van der Waals surface area contributed by atoms with Crippen molar-refractivity contribution in [2.45, 2.75) is 0 Å². The third kappa shape index (κ3) is 3.93. The van der Waals surface area contributed by atoms with E-state index in [4.69, 9.17) is 4.74 Å². The van der Waals surface area contributed by atoms with Crippen LogP contribution in [-0.4, -0.2) is 36.7 Å². The summed E-state index contributed by atoms with van der Waals surface area (Å²) in [6, 6.07) is 16.4. The summed E-state index contributed by atoms with van der Waals surface area (Å²) < 4.78 is 9.65. The van der Waals surface area contributed by atoms with Gasteiger partial charge in [-0.2, -0.15) is 0 Å². The Morgan fingerprint density at radius 1 is 0.893 bits per heavy atom. The van der Waals surface area contributed by atoms with E-state index in [2.05, 4.69) is 10.1 Å². The summed E-state index contributed by atoms with van der Waals surface area (Å²) in [5.41, 5.74) is 0.377. The predicted molar refractivity (Wildman–Crippen MR) is 102 cm³/mol. The van der Waals surface area contributed by atoms with Gasteiger partial charge in [-0.1, -0.05) is 42.5 Å². The zero-order chi connectivity index (χ0) is 20.1. The van der Waals surface area contributed by atoms with Gasteiger partial charge in [0.1, 0.15) is 11.3 Å². The van der Waals surface area contributed by atoms with E-state index in [1.807, 2.05) is 6.07 Å². The number of nitrogens with one attached hydrogen (secondary N) is 1. The van der Waals surface area contributed by atoms with Crippen LogP contribution in [0.3, 0.4) is 0 Å². The lowest BCUT2D eigenvalue weighted by Gasteiger charge is -2.11. The number of fused-ring (bicyclic) bond motifs is 1. The Bertz CT molecular complexity index is 1060. The molecule has 0 radical (unpaired) electrons. The standard InChI is InChI=1S/C21H17NO6/c1-27-20(25)15-8-4-5-9-17(15)22-18(23)12-28-21(26)16-11-10-13-6-2-3-7-14(13)19(16)24/h2-11,24H,12H2,1H3,(H,22,23). The first-order valence-electron chi connectivity index (χ1n) is 8.36. The number of para-hydroxylation sites is 1. The van der Waals surface area contributed by atoms with Crippen LogP contribution < -0.4 is 5.32 Å². The third-order valence-corrected chi connectivity index (χ3v) is 4.06. The second kappa shape index (κ2) is 8.22. The van der Waals surface area contributed by atoms with E-state index in [0.717, 1.165) is 5.39 Å². The van der Waals surface area contributed by atoms with Crippen molar-refractivity contribution in [3.8, 4) is 5.75 Å². The highest BCUT2D eigenvalue weighted by molar-refractivity contribution is 6.04. The maximum atomic E-state index is 12.3. The minimum Gasteiger partial charge on any atom is -0.506 e. The fourth-order valence-electron chi connectivity index (χ4n) is 2.70. The number of aromatic hydroxyl groups is 1. The van der Waals surface area contributed by atoms with E-state index in [0.29, 0.717) is 5.39 Å². The van der Waals surface area contributed by atoms with Gasteiger partial charge in [0, 0.05) is 5.39 Å². The van der Waals surface area contributed by atoms with Crippen molar-refractivity contribution in [2.75, 3.05) is 19.0 Å². The van der Waals surface area contributed by atoms with Gasteiger partial charge in [-0.05, 0) is 23.6 Å². The Morgan fingerprint density at radius 3 is 2.39 bits per heavy atom. The Hall–Kier alpha value is -3.87. The average Bonchev–Trinajstić information content (AvgIpc) is 2.72. The molecule has 0 aliphatic carbocycles. The normalized spacial score (nSPS) is 10.3. The molecule has 0 saturated carbocycles. The molecule has 0 spiro atoms. The smallest absolute Gasteiger partial charge is 0.342 e. The number of methoxy groups -OCH3 is 1. The molecular weight excluding hydrogens is 362 g/mol. The molecule has 0 aliphatic rings. The number of anilines is 1. The average molecular weight is 379 g/mol. The molecule has 0 aliphatic heterocycles. The van der Waals surface area contributed by atoms with Crippen molar-refractivity contribution in [3.05, 3.63) is 71.8 Å². The lowest BCUT2D eigenvalue weighted by molar-refractivity contribution is -0.119. The van der Waals surface area contributed by atoms with Crippen molar-refractivity contribution < 1.29 is 29.0 Å². The molecule has 3 aromatic rings. The summed E-state index contributed by atoms with van der Waals surface area (Å²) >= 11 is 0. The molecule has 0 aromatic heterocycles. The highest BCUT2D eigenvalue weighted by atomic mass is 16.5. The van der Waals surface area contributed by atoms with Crippen molar-refractivity contribution in [3.63, 3.8) is 0 Å². The first-order valence-corrected chi connectivity index (χ1v) is 8.36. The molecule has 0 saturated heterocycles. The van der Waals surface area contributed by atoms with Crippen molar-refractivity contribution >= 4 is 34.3 Å². The Labute approximate surface area is 160 Å². The topological polar surface area (TPSA) is 102 Å². The Morgan fingerprint density at radius 2 is 1.61 bits per heavy atom. The lowest BCUT2D eigenvalue weighted by Crippen LogP contribution is -2.22. The molecule has 0 fully saturated rings. The van der Waals surface area contributed by atoms with Gasteiger partial charge < -0.3 is 19.9 Å². The van der Waals surface area contributed by atoms with Gasteiger partial charge in [0.15, 0.2) is 6.61 Å². The molecule has 1 amide bonds. The maximum absolute atomic E-state index is 12.3. The number of amides is 1. The number of ether oxygens (including phenoxy) is 2. The zero-order valence-electron chi connectivity index (χ0n) is 15.0. The molecule has 0 unspecified atom stereocenters. The van der Waals surface area contributed by atoms with Crippen molar-refractivity contribution in [2.24, 2.45) is 0 Å². The number of benzene rings is 3. The fourth-order valence-corrected chi connectivity index (χ4v) is 2.70. The van der Waals surface area contributed by atoms with Gasteiger partial charge in [-0.15, -0.1) is 0 Å². The third-order valence-electron chi connectivity index (χ3n) is 4.06. The van der Waals surface area contributed by atoms with Crippen molar-refractivity contribution in [1.82, 2.24) is 0 Å². The van der Waals surface area contributed by atoms with Crippen LogP contribution in [0.5, 0.6) is 5.75 Å². The van der Waals surface area contributed by atoms with Gasteiger partial charge in [0.2, 0.25) is 0 Å². The van der Waals surface area contributed by atoms with Crippen LogP contribution in [-0.2, 0) is 14.3 Å². The van der Waals surface area contributed by atoms with Gasteiger partial charge in [-0.3, -0.25) is 4.79 Å². The van der Waals surface area contributed by atoms with E-state index >= 15 is 0 Å². The second-order valence-electron chi connectivity index (χ2n) is 5.84. The highest BCUT2D eigenvalue weighted by Crippen LogP contribution is 2.29. The van der Waals surface area contributed by atoms with Gasteiger partial charge in [0.25, 0.3) is 5.91 Å². The summed E-state index contributed by atoms with van der Waals surface area (Å²) in [5, 5.41) is 14.1. The molecule has 2 N–H and O–H groups in total. The van der Waals surface area contributed by atoms with Crippen LogP contribution >= 0.6 is 0 Å². The zero-order valence-corrected chi connectivity index (χ0v) is 15.0. The molecule has 7 heteroatoms. The summed E-state index contributed by atoms with van der Waals surface area (Å²) in [5.74, 6) is -2.28. The number of hydrogen-bond acceptors (Lipinski definition) is 6. The van der Waals surface area contributed by atoms with Gasteiger partial charge in [-0.25, -0.2) is 9.59 Å². The Balaban J connectivity index is 1.68. The van der Waals surface area contributed by atoms with E-state index in [-0.39, 0.29) is 22.6 Å². The van der Waals surface area contributed by atoms with E-state index in [9.17, 15) is 19.5 Å².